The molecule has 0 radical (unpaired) electrons. The summed E-state index contributed by atoms with van der Waals surface area (Å²) in [4.78, 5) is 17.3. The zero-order chi connectivity index (χ0) is 22.2. The van der Waals surface area contributed by atoms with Crippen molar-refractivity contribution in [2.24, 2.45) is 23.7 Å². The Balaban J connectivity index is 2.05. The molecule has 0 amide bonds. The fraction of sp³-hybridized carbons (Fsp3) is 0.792. The van der Waals surface area contributed by atoms with Crippen LogP contribution in [-0.4, -0.2) is 46.3 Å². The van der Waals surface area contributed by atoms with Gasteiger partial charge in [-0.15, -0.1) is 0 Å². The summed E-state index contributed by atoms with van der Waals surface area (Å²) in [5.41, 5.74) is 0.683. The van der Waals surface area contributed by atoms with Crippen molar-refractivity contribution in [1.82, 2.24) is 0 Å². The standard InChI is InChI=1S/C24H38O6/c1-7-8-20(26)29-24(6)10-9-18(30-27)14(4)11-19-21-15(5)17(25)12-16(13(2)3)22(21)23(24)28-19/h13,16-19,21-23,25,27H,4-5,7-12H2,1-3,6H3/t16-,17+,18+,19-,21-,22-,23-,24-/m1/s1. The number of hydrogen-bond donors (Lipinski definition) is 2. The van der Waals surface area contributed by atoms with Crippen LogP contribution in [0.25, 0.3) is 0 Å². The molecule has 0 aromatic carbocycles. The lowest BCUT2D eigenvalue weighted by molar-refractivity contribution is -0.272. The highest BCUT2D eigenvalue weighted by Gasteiger charge is 2.60. The molecule has 3 aliphatic rings. The fourth-order valence-corrected chi connectivity index (χ4v) is 5.91. The summed E-state index contributed by atoms with van der Waals surface area (Å²) >= 11 is 0. The van der Waals surface area contributed by atoms with Gasteiger partial charge in [0, 0.05) is 18.3 Å². The Morgan fingerprint density at radius 3 is 2.67 bits per heavy atom. The number of fused-ring (bicyclic) bond motifs is 5. The molecule has 2 aliphatic heterocycles. The number of aliphatic hydroxyl groups is 1. The minimum Gasteiger partial charge on any atom is -0.457 e. The van der Waals surface area contributed by atoms with Crippen molar-refractivity contribution in [3.8, 4) is 0 Å². The van der Waals surface area contributed by atoms with Crippen molar-refractivity contribution in [3.63, 3.8) is 0 Å². The lowest BCUT2D eigenvalue weighted by Gasteiger charge is -2.46. The van der Waals surface area contributed by atoms with Gasteiger partial charge in [0.2, 0.25) is 0 Å². The van der Waals surface area contributed by atoms with Crippen LogP contribution >= 0.6 is 0 Å². The predicted molar refractivity (Wildman–Crippen MR) is 114 cm³/mol. The highest BCUT2D eigenvalue weighted by molar-refractivity contribution is 5.69. The van der Waals surface area contributed by atoms with Gasteiger partial charge in [-0.2, -0.15) is 0 Å². The molecule has 0 spiro atoms. The van der Waals surface area contributed by atoms with Crippen molar-refractivity contribution in [2.45, 2.75) is 96.2 Å². The lowest BCUT2D eigenvalue weighted by Crippen LogP contribution is -2.52. The van der Waals surface area contributed by atoms with E-state index in [1.165, 1.54) is 0 Å². The van der Waals surface area contributed by atoms with E-state index < -0.39 is 17.8 Å². The molecular weight excluding hydrogens is 384 g/mol. The average Bonchev–Trinajstić information content (AvgIpc) is 3.06. The second-order valence-electron chi connectivity index (χ2n) is 9.96. The quantitative estimate of drug-likeness (QED) is 0.298. The van der Waals surface area contributed by atoms with E-state index in [0.29, 0.717) is 44.4 Å². The van der Waals surface area contributed by atoms with Crippen LogP contribution in [0.5, 0.6) is 0 Å². The van der Waals surface area contributed by atoms with Gasteiger partial charge >= 0.3 is 5.97 Å². The van der Waals surface area contributed by atoms with Gasteiger partial charge in [0.25, 0.3) is 0 Å². The molecule has 0 aromatic rings. The third-order valence-electron chi connectivity index (χ3n) is 7.54. The second-order valence-corrected chi connectivity index (χ2v) is 9.96. The Morgan fingerprint density at radius 2 is 2.07 bits per heavy atom. The summed E-state index contributed by atoms with van der Waals surface area (Å²) in [7, 11) is 0. The molecule has 30 heavy (non-hydrogen) atoms. The van der Waals surface area contributed by atoms with Crippen LogP contribution in [0.2, 0.25) is 0 Å². The molecule has 3 fully saturated rings. The maximum Gasteiger partial charge on any atom is 0.306 e. The molecule has 8 atom stereocenters. The SMILES string of the molecule is C=C1C[C@H]2O[C@H]([C@H]3[C@@H]2C(=C)[C@@H](O)C[C@@H]3C(C)C)[C@](C)(OC(=O)CCC)CC[C@@H]1OO. The van der Waals surface area contributed by atoms with Gasteiger partial charge < -0.3 is 14.6 Å². The van der Waals surface area contributed by atoms with Crippen molar-refractivity contribution < 1.29 is 29.5 Å². The number of carbonyl (C=O) groups is 1. The first-order chi connectivity index (χ1) is 14.1. The van der Waals surface area contributed by atoms with Crippen LogP contribution in [0.1, 0.15) is 66.2 Å². The molecular formula is C24H38O6. The number of esters is 1. The fourth-order valence-electron chi connectivity index (χ4n) is 5.91. The first kappa shape index (κ1) is 23.5. The Kier molecular flexibility index (Phi) is 7.12. The van der Waals surface area contributed by atoms with Crippen molar-refractivity contribution in [3.05, 3.63) is 24.3 Å². The van der Waals surface area contributed by atoms with Crippen LogP contribution in [0, 0.1) is 23.7 Å². The summed E-state index contributed by atoms with van der Waals surface area (Å²) in [5.74, 6) is 0.390. The van der Waals surface area contributed by atoms with Crippen LogP contribution < -0.4 is 0 Å². The normalized spacial score (nSPS) is 41.8. The van der Waals surface area contributed by atoms with Gasteiger partial charge in [0.05, 0.1) is 12.2 Å². The van der Waals surface area contributed by atoms with E-state index in [2.05, 4.69) is 27.0 Å². The van der Waals surface area contributed by atoms with Crippen LogP contribution in [0.15, 0.2) is 24.3 Å². The summed E-state index contributed by atoms with van der Waals surface area (Å²) in [5, 5.41) is 20.2. The molecule has 170 valence electrons. The molecule has 0 aromatic heterocycles. The molecule has 2 N–H and O–H groups in total. The minimum absolute atomic E-state index is 0.0513. The van der Waals surface area contributed by atoms with E-state index in [1.807, 2.05) is 13.8 Å². The molecule has 6 nitrogen and oxygen atoms in total. The third kappa shape index (κ3) is 4.24. The summed E-state index contributed by atoms with van der Waals surface area (Å²) in [6.07, 6.45) is 1.55. The minimum atomic E-state index is -0.860. The third-order valence-corrected chi connectivity index (χ3v) is 7.54. The highest BCUT2D eigenvalue weighted by atomic mass is 17.1. The van der Waals surface area contributed by atoms with Crippen molar-refractivity contribution >= 4 is 5.97 Å². The molecule has 2 heterocycles. The molecule has 3 rings (SSSR count). The van der Waals surface area contributed by atoms with E-state index in [-0.39, 0.29) is 35.9 Å². The van der Waals surface area contributed by atoms with E-state index in [1.54, 1.807) is 0 Å². The summed E-state index contributed by atoms with van der Waals surface area (Å²) in [6, 6.07) is 0. The molecule has 2 saturated heterocycles. The molecule has 2 bridgehead atoms. The van der Waals surface area contributed by atoms with Gasteiger partial charge in [0.15, 0.2) is 0 Å². The molecule has 0 unspecified atom stereocenters. The van der Waals surface area contributed by atoms with Gasteiger partial charge in [-0.3, -0.25) is 10.1 Å². The van der Waals surface area contributed by atoms with E-state index in [0.717, 1.165) is 11.1 Å². The number of hydrogen-bond acceptors (Lipinski definition) is 6. The van der Waals surface area contributed by atoms with Gasteiger partial charge in [-0.25, -0.2) is 4.89 Å². The molecule has 1 aliphatic carbocycles. The van der Waals surface area contributed by atoms with E-state index in [9.17, 15) is 15.2 Å². The molecule has 1 saturated carbocycles. The summed E-state index contributed by atoms with van der Waals surface area (Å²) in [6.45, 7) is 16.6. The van der Waals surface area contributed by atoms with Crippen LogP contribution in [-0.2, 0) is 19.2 Å². The summed E-state index contributed by atoms with van der Waals surface area (Å²) < 4.78 is 12.7. The second kappa shape index (κ2) is 9.11. The zero-order valence-electron chi connectivity index (χ0n) is 18.8. The average molecular weight is 423 g/mol. The van der Waals surface area contributed by atoms with Crippen molar-refractivity contribution in [2.75, 3.05) is 0 Å². The zero-order valence-corrected chi connectivity index (χ0v) is 18.8. The maximum atomic E-state index is 12.5. The number of carbonyl (C=O) groups excluding carboxylic acids is 1. The number of rotatable bonds is 5. The Labute approximate surface area is 180 Å². The maximum absolute atomic E-state index is 12.5. The van der Waals surface area contributed by atoms with Crippen LogP contribution in [0.3, 0.4) is 0 Å². The van der Waals surface area contributed by atoms with E-state index >= 15 is 0 Å². The van der Waals surface area contributed by atoms with Gasteiger partial charge in [0.1, 0.15) is 17.8 Å². The van der Waals surface area contributed by atoms with Gasteiger partial charge in [-0.1, -0.05) is 33.9 Å². The highest BCUT2D eigenvalue weighted by Crippen LogP contribution is 2.55. The Morgan fingerprint density at radius 1 is 1.37 bits per heavy atom. The first-order valence-corrected chi connectivity index (χ1v) is 11.3. The number of aliphatic hydroxyl groups excluding tert-OH is 1. The monoisotopic (exact) mass is 422 g/mol. The first-order valence-electron chi connectivity index (χ1n) is 11.3. The number of ether oxygens (including phenoxy) is 2. The predicted octanol–water partition coefficient (Wildman–Crippen LogP) is 4.28. The Hall–Kier alpha value is -1.21. The largest absolute Gasteiger partial charge is 0.457 e. The van der Waals surface area contributed by atoms with Gasteiger partial charge in [-0.05, 0) is 62.0 Å². The topological polar surface area (TPSA) is 85.2 Å². The lowest BCUT2D eigenvalue weighted by atomic mass is 9.60. The van der Waals surface area contributed by atoms with Crippen molar-refractivity contribution in [1.29, 1.82) is 0 Å². The van der Waals surface area contributed by atoms with Crippen LogP contribution in [0.4, 0.5) is 0 Å². The van der Waals surface area contributed by atoms with E-state index in [4.69, 9.17) is 14.4 Å². The smallest absolute Gasteiger partial charge is 0.306 e. The molecule has 6 heteroatoms. The Bertz CT molecular complexity index is 673.